The van der Waals surface area contributed by atoms with Gasteiger partial charge in [-0.05, 0) is 35.9 Å². The molecule has 0 saturated carbocycles. The molecule has 0 aromatic heterocycles. The molecule has 2 aromatic carbocycles. The average molecular weight is 340 g/mol. The van der Waals surface area contributed by atoms with Crippen molar-refractivity contribution in [2.45, 2.75) is 12.5 Å². The normalized spacial score (nSPS) is 15.0. The predicted molar refractivity (Wildman–Crippen MR) is 93.8 cm³/mol. The smallest absolute Gasteiger partial charge is 0.265 e. The maximum atomic E-state index is 12.3. The Balaban J connectivity index is 1.53. The van der Waals surface area contributed by atoms with Gasteiger partial charge in [0.2, 0.25) is 0 Å². The van der Waals surface area contributed by atoms with Gasteiger partial charge >= 0.3 is 0 Å². The number of rotatable bonds is 5. The number of nitrogens with one attached hydrogen (secondary N) is 1. The lowest BCUT2D eigenvalue weighted by Crippen LogP contribution is -2.31. The van der Waals surface area contributed by atoms with Crippen LogP contribution in [0.25, 0.3) is 0 Å². The Hall–Kier alpha value is -3.02. The van der Waals surface area contributed by atoms with E-state index in [2.05, 4.69) is 5.32 Å². The van der Waals surface area contributed by atoms with Gasteiger partial charge in [-0.3, -0.25) is 9.59 Å². The summed E-state index contributed by atoms with van der Waals surface area (Å²) in [5, 5.41) is 2.83. The third-order valence-electron chi connectivity index (χ3n) is 3.92. The monoisotopic (exact) mass is 340 g/mol. The molecule has 6 nitrogen and oxygen atoms in total. The first-order chi connectivity index (χ1) is 12.0. The molecular weight excluding hydrogens is 320 g/mol. The number of anilines is 1. The summed E-state index contributed by atoms with van der Waals surface area (Å²) in [7, 11) is 3.35. The van der Waals surface area contributed by atoms with Crippen LogP contribution in [0.3, 0.4) is 0 Å². The van der Waals surface area contributed by atoms with Crippen LogP contribution in [0, 0.1) is 0 Å². The van der Waals surface area contributed by atoms with Crippen LogP contribution < -0.4 is 14.8 Å². The van der Waals surface area contributed by atoms with Gasteiger partial charge in [-0.25, -0.2) is 0 Å². The van der Waals surface area contributed by atoms with Gasteiger partial charge in [0, 0.05) is 26.2 Å². The number of amides is 2. The fourth-order valence-electron chi connectivity index (χ4n) is 2.46. The van der Waals surface area contributed by atoms with Crippen molar-refractivity contribution < 1.29 is 19.1 Å². The lowest BCUT2D eigenvalue weighted by atomic mass is 10.1. The first-order valence-electron chi connectivity index (χ1n) is 8.01. The summed E-state index contributed by atoms with van der Waals surface area (Å²) in [6, 6.07) is 14.5. The standard InChI is InChI=1S/C19H20N2O4/c1-21(2)18(22)12-24-15-9-7-14(8-10-15)20-19(23)17-11-13-5-3-4-6-16(13)25-17/h3-10,17H,11-12H2,1-2H3,(H,20,23). The molecule has 130 valence electrons. The molecule has 0 fully saturated rings. The summed E-state index contributed by atoms with van der Waals surface area (Å²) in [5.74, 6) is 1.03. The van der Waals surface area contributed by atoms with Crippen molar-refractivity contribution >= 4 is 17.5 Å². The topological polar surface area (TPSA) is 67.9 Å². The summed E-state index contributed by atoms with van der Waals surface area (Å²) in [6.45, 7) is -0.0210. The zero-order chi connectivity index (χ0) is 17.8. The van der Waals surface area contributed by atoms with E-state index in [4.69, 9.17) is 9.47 Å². The first-order valence-corrected chi connectivity index (χ1v) is 8.01. The number of carbonyl (C=O) groups excluding carboxylic acids is 2. The highest BCUT2D eigenvalue weighted by Gasteiger charge is 2.28. The van der Waals surface area contributed by atoms with Crippen LogP contribution >= 0.6 is 0 Å². The van der Waals surface area contributed by atoms with Crippen LogP contribution in [0.5, 0.6) is 11.5 Å². The molecule has 6 heteroatoms. The summed E-state index contributed by atoms with van der Waals surface area (Å²) in [4.78, 5) is 25.3. The van der Waals surface area contributed by atoms with Crippen molar-refractivity contribution in [1.82, 2.24) is 4.90 Å². The van der Waals surface area contributed by atoms with Gasteiger partial charge in [-0.2, -0.15) is 0 Å². The van der Waals surface area contributed by atoms with Crippen LogP contribution in [0.2, 0.25) is 0 Å². The number of carbonyl (C=O) groups is 2. The maximum absolute atomic E-state index is 12.3. The molecule has 2 amide bonds. The van der Waals surface area contributed by atoms with Crippen molar-refractivity contribution in [3.05, 3.63) is 54.1 Å². The van der Waals surface area contributed by atoms with Gasteiger partial charge in [0.25, 0.3) is 11.8 Å². The van der Waals surface area contributed by atoms with E-state index >= 15 is 0 Å². The van der Waals surface area contributed by atoms with E-state index < -0.39 is 6.10 Å². The Labute approximate surface area is 146 Å². The summed E-state index contributed by atoms with van der Waals surface area (Å²) >= 11 is 0. The molecule has 0 saturated heterocycles. The van der Waals surface area contributed by atoms with E-state index in [1.54, 1.807) is 38.4 Å². The van der Waals surface area contributed by atoms with E-state index in [1.807, 2.05) is 24.3 Å². The molecule has 3 rings (SSSR count). The number of nitrogens with zero attached hydrogens (tertiary/aromatic N) is 1. The van der Waals surface area contributed by atoms with E-state index in [1.165, 1.54) is 4.90 Å². The van der Waals surface area contributed by atoms with Gasteiger partial charge in [-0.15, -0.1) is 0 Å². The number of likely N-dealkylation sites (N-methyl/N-ethyl adjacent to an activating group) is 1. The third-order valence-corrected chi connectivity index (χ3v) is 3.92. The minimum Gasteiger partial charge on any atom is -0.484 e. The molecule has 1 unspecified atom stereocenters. The zero-order valence-corrected chi connectivity index (χ0v) is 14.2. The highest BCUT2D eigenvalue weighted by Crippen LogP contribution is 2.28. The van der Waals surface area contributed by atoms with E-state index in [9.17, 15) is 9.59 Å². The number of ether oxygens (including phenoxy) is 2. The molecule has 1 aliphatic heterocycles. The quantitative estimate of drug-likeness (QED) is 0.905. The Bertz CT molecular complexity index is 746. The van der Waals surface area contributed by atoms with E-state index in [0.717, 1.165) is 11.3 Å². The lowest BCUT2D eigenvalue weighted by Gasteiger charge is -2.13. The zero-order valence-electron chi connectivity index (χ0n) is 14.2. The lowest BCUT2D eigenvalue weighted by molar-refractivity contribution is -0.130. The Morgan fingerprint density at radius 3 is 2.56 bits per heavy atom. The molecule has 1 atom stereocenters. The van der Waals surface area contributed by atoms with Crippen molar-refractivity contribution in [3.8, 4) is 11.5 Å². The van der Waals surface area contributed by atoms with Crippen molar-refractivity contribution in [2.75, 3.05) is 26.0 Å². The van der Waals surface area contributed by atoms with Crippen LogP contribution in [-0.2, 0) is 16.0 Å². The maximum Gasteiger partial charge on any atom is 0.265 e. The Morgan fingerprint density at radius 1 is 1.16 bits per heavy atom. The molecule has 0 spiro atoms. The fraction of sp³-hybridized carbons (Fsp3) is 0.263. The Kier molecular flexibility index (Phi) is 4.88. The van der Waals surface area contributed by atoms with Crippen LogP contribution in [0.15, 0.2) is 48.5 Å². The average Bonchev–Trinajstić information content (AvgIpc) is 3.05. The van der Waals surface area contributed by atoms with Gasteiger partial charge in [0.05, 0.1) is 0 Å². The van der Waals surface area contributed by atoms with Crippen molar-refractivity contribution in [2.24, 2.45) is 0 Å². The molecule has 1 N–H and O–H groups in total. The highest BCUT2D eigenvalue weighted by molar-refractivity contribution is 5.95. The highest BCUT2D eigenvalue weighted by atomic mass is 16.5. The van der Waals surface area contributed by atoms with Crippen molar-refractivity contribution in [3.63, 3.8) is 0 Å². The fourth-order valence-corrected chi connectivity index (χ4v) is 2.46. The van der Waals surface area contributed by atoms with Gasteiger partial charge in [-0.1, -0.05) is 18.2 Å². The van der Waals surface area contributed by atoms with Crippen molar-refractivity contribution in [1.29, 1.82) is 0 Å². The van der Waals surface area contributed by atoms with Crippen LogP contribution in [0.1, 0.15) is 5.56 Å². The molecule has 1 aliphatic rings. The number of benzene rings is 2. The van der Waals surface area contributed by atoms with Gasteiger partial charge < -0.3 is 19.7 Å². The molecular formula is C19H20N2O4. The predicted octanol–water partition coefficient (Wildman–Crippen LogP) is 2.10. The number of para-hydroxylation sites is 1. The van der Waals surface area contributed by atoms with Crippen LogP contribution in [0.4, 0.5) is 5.69 Å². The minimum atomic E-state index is -0.522. The molecule has 1 heterocycles. The molecule has 25 heavy (non-hydrogen) atoms. The summed E-state index contributed by atoms with van der Waals surface area (Å²) < 4.78 is 11.1. The number of fused-ring (bicyclic) bond motifs is 1. The van der Waals surface area contributed by atoms with Crippen LogP contribution in [-0.4, -0.2) is 43.5 Å². The second-order valence-corrected chi connectivity index (χ2v) is 6.01. The largest absolute Gasteiger partial charge is 0.484 e. The van der Waals surface area contributed by atoms with Gasteiger partial charge in [0.15, 0.2) is 12.7 Å². The second-order valence-electron chi connectivity index (χ2n) is 6.01. The molecule has 0 radical (unpaired) electrons. The molecule has 2 aromatic rings. The molecule has 0 aliphatic carbocycles. The minimum absolute atomic E-state index is 0.0210. The second kappa shape index (κ2) is 7.25. The Morgan fingerprint density at radius 2 is 1.88 bits per heavy atom. The first kappa shape index (κ1) is 16.8. The van der Waals surface area contributed by atoms with E-state index in [0.29, 0.717) is 17.9 Å². The number of hydrogen-bond acceptors (Lipinski definition) is 4. The number of hydrogen-bond donors (Lipinski definition) is 1. The van der Waals surface area contributed by atoms with E-state index in [-0.39, 0.29) is 18.4 Å². The molecule has 0 bridgehead atoms. The summed E-state index contributed by atoms with van der Waals surface area (Å²) in [5.41, 5.74) is 1.69. The van der Waals surface area contributed by atoms with Gasteiger partial charge in [0.1, 0.15) is 11.5 Å². The summed E-state index contributed by atoms with van der Waals surface area (Å²) in [6.07, 6.45) is 0.0431. The SMILES string of the molecule is CN(C)C(=O)COc1ccc(NC(=O)C2Cc3ccccc3O2)cc1. The third kappa shape index (κ3) is 4.09.